The summed E-state index contributed by atoms with van der Waals surface area (Å²) in [4.78, 5) is 4.79. The Kier molecular flexibility index (Phi) is 18.6. The summed E-state index contributed by atoms with van der Waals surface area (Å²) in [6, 6.07) is 174. The average Bonchev–Trinajstić information content (AvgIpc) is 1.59. The number of hydrogen-bond donors (Lipinski definition) is 0. The van der Waals surface area contributed by atoms with Crippen molar-refractivity contribution in [2.75, 3.05) is 9.80 Å². The first-order valence-electron chi connectivity index (χ1n) is 45.1. The van der Waals surface area contributed by atoms with Crippen molar-refractivity contribution in [3.63, 3.8) is 0 Å². The van der Waals surface area contributed by atoms with Crippen molar-refractivity contribution in [3.8, 4) is 89.3 Å². The van der Waals surface area contributed by atoms with E-state index in [0.29, 0.717) is 0 Å². The third-order valence-electron chi connectivity index (χ3n) is 27.1. The number of thiophene rings is 2. The first-order chi connectivity index (χ1) is 64.7. The number of hydrogen-bond acceptors (Lipinski definition) is 4. The number of rotatable bonds is 14. The Bertz CT molecular complexity index is 8760. The number of nitrogens with zero attached hydrogens (tertiary/aromatic N) is 4. The van der Waals surface area contributed by atoms with Crippen LogP contribution in [0.1, 0.15) is 25.0 Å². The van der Waals surface area contributed by atoms with Gasteiger partial charge >= 0.3 is 0 Å². The second-order valence-electron chi connectivity index (χ2n) is 35.1. The highest BCUT2D eigenvalue weighted by Gasteiger charge is 2.36. The Labute approximate surface area is 768 Å². The Morgan fingerprint density at radius 1 is 0.183 bits per heavy atom. The lowest BCUT2D eigenvalue weighted by Gasteiger charge is -2.28. The SMILES string of the molecule is CC1(C)c2ccccc2-c2cc(N(c3ccc(-c4cccc(-c5ccc6c7ccccc7n(-c7ccc8c(c7)sc7ccccc78)c6c5)c4)cc3)c3cc(-c4ccccc4)cc(-c4ccccc4)c3)ccc21.c1ccc(N(c2ccc(-c3cccc(-c4ccc5c6ccccc6n(-c6ccc7c(c6)sc6ccccc67)c5c4)c3)cc2)c2ccc3c(ccc4ccccc43)c2)cc1. The van der Waals surface area contributed by atoms with Gasteiger partial charge < -0.3 is 18.9 Å². The van der Waals surface area contributed by atoms with Crippen molar-refractivity contribution in [1.29, 1.82) is 0 Å². The summed E-state index contributed by atoms with van der Waals surface area (Å²) in [5.74, 6) is 0. The highest BCUT2D eigenvalue weighted by atomic mass is 32.1. The molecule has 4 aromatic heterocycles. The second-order valence-corrected chi connectivity index (χ2v) is 37.2. The first-order valence-corrected chi connectivity index (χ1v) is 46.7. The molecule has 0 N–H and O–H groups in total. The van der Waals surface area contributed by atoms with Crippen molar-refractivity contribution < 1.29 is 0 Å². The molecular weight excluding hydrogens is 1620 g/mol. The largest absolute Gasteiger partial charge is 0.310 e. The van der Waals surface area contributed by atoms with Gasteiger partial charge in [-0.25, -0.2) is 0 Å². The van der Waals surface area contributed by atoms with Crippen molar-refractivity contribution in [3.05, 3.63) is 484 Å². The van der Waals surface area contributed by atoms with Crippen LogP contribution in [0.2, 0.25) is 0 Å². The Balaban J connectivity index is 0.000000144. The van der Waals surface area contributed by atoms with E-state index in [-0.39, 0.29) is 5.41 Å². The van der Waals surface area contributed by atoms with Crippen LogP contribution in [0.4, 0.5) is 34.1 Å². The highest BCUT2D eigenvalue weighted by molar-refractivity contribution is 7.26. The Hall–Kier alpha value is -16.2. The van der Waals surface area contributed by atoms with Crippen molar-refractivity contribution in [2.24, 2.45) is 0 Å². The van der Waals surface area contributed by atoms with Gasteiger partial charge in [0.15, 0.2) is 0 Å². The van der Waals surface area contributed by atoms with E-state index in [1.807, 2.05) is 22.7 Å². The maximum absolute atomic E-state index is 2.45. The molecule has 0 saturated heterocycles. The minimum Gasteiger partial charge on any atom is -0.310 e. The molecular formula is C125H84N4S2. The molecule has 25 aromatic rings. The van der Waals surface area contributed by atoms with E-state index in [2.05, 4.69) is 506 Å². The first kappa shape index (κ1) is 77.2. The van der Waals surface area contributed by atoms with Gasteiger partial charge in [0, 0.05) is 113 Å². The van der Waals surface area contributed by atoms with Crippen molar-refractivity contribution >= 4 is 162 Å². The molecule has 26 rings (SSSR count). The fraction of sp³-hybridized carbons (Fsp3) is 0.0240. The van der Waals surface area contributed by atoms with Gasteiger partial charge in [0.25, 0.3) is 0 Å². The standard InChI is InChI=1S/C69H48N2S.C56H36N2S/c1-69(2)63-25-12-9-22-57(63)62-43-54(34-37-64(62)69)70(56-40-51(45-16-5-3-6-17-45)39-52(41-56)46-18-7-4-8-19-46)53-31-28-47(29-32-53)48-20-15-21-49(38-48)50-30-35-59-58-23-10-13-26-65(58)71(66(59)42-50)55-33-36-61-60-24-11-14-27-67(60)72-68(61)44-55;1-2-14-43(15-3-1)57(45-28-31-48-42(34-45)22-21-38-11-4-5-16-47(38)48)44-26-23-37(24-27-44)39-12-10-13-40(33-39)41-25-30-50-49-17-6-8-19-53(49)58(54(50)35-41)46-29-32-52-51-18-7-9-20-55(51)59-56(52)36-46/h3-44H,1-2H3;1-36H. The van der Waals surface area contributed by atoms with Gasteiger partial charge in [0.1, 0.15) is 0 Å². The van der Waals surface area contributed by atoms with Crippen molar-refractivity contribution in [2.45, 2.75) is 19.3 Å². The molecule has 21 aromatic carbocycles. The topological polar surface area (TPSA) is 16.3 Å². The Morgan fingerprint density at radius 2 is 0.534 bits per heavy atom. The molecule has 0 aliphatic heterocycles. The smallest absolute Gasteiger partial charge is 0.0547 e. The van der Waals surface area contributed by atoms with Crippen LogP contribution in [0.5, 0.6) is 0 Å². The van der Waals surface area contributed by atoms with Crippen LogP contribution in [0, 0.1) is 0 Å². The number of fused-ring (bicyclic) bond motifs is 18. The van der Waals surface area contributed by atoms with E-state index in [0.717, 1.165) is 34.1 Å². The van der Waals surface area contributed by atoms with Crippen LogP contribution < -0.4 is 9.80 Å². The number of anilines is 6. The molecule has 0 unspecified atom stereocenters. The van der Waals surface area contributed by atoms with Crippen LogP contribution in [0.3, 0.4) is 0 Å². The monoisotopic (exact) mass is 1700 g/mol. The molecule has 616 valence electrons. The van der Waals surface area contributed by atoms with E-state index in [1.165, 1.54) is 206 Å². The second kappa shape index (κ2) is 31.7. The Morgan fingerprint density at radius 3 is 1.09 bits per heavy atom. The summed E-state index contributed by atoms with van der Waals surface area (Å²) >= 11 is 3.74. The van der Waals surface area contributed by atoms with Crippen LogP contribution >= 0.6 is 22.7 Å². The van der Waals surface area contributed by atoms with Crippen molar-refractivity contribution in [1.82, 2.24) is 9.13 Å². The van der Waals surface area contributed by atoms with Crippen LogP contribution in [0.25, 0.3) is 195 Å². The molecule has 1 aliphatic rings. The number of benzene rings is 21. The van der Waals surface area contributed by atoms with Gasteiger partial charge in [-0.2, -0.15) is 0 Å². The summed E-state index contributed by atoms with van der Waals surface area (Å²) in [5, 5.41) is 15.3. The van der Waals surface area contributed by atoms with Crippen LogP contribution in [-0.4, -0.2) is 9.13 Å². The van der Waals surface area contributed by atoms with Gasteiger partial charge in [-0.3, -0.25) is 0 Å². The third-order valence-corrected chi connectivity index (χ3v) is 29.4. The summed E-state index contributed by atoms with van der Waals surface area (Å²) < 4.78 is 10.1. The van der Waals surface area contributed by atoms with E-state index in [4.69, 9.17) is 0 Å². The molecule has 0 radical (unpaired) electrons. The lowest BCUT2D eigenvalue weighted by molar-refractivity contribution is 0.660. The average molecular weight is 1710 g/mol. The molecule has 131 heavy (non-hydrogen) atoms. The van der Waals surface area contributed by atoms with Gasteiger partial charge in [-0.15, -0.1) is 22.7 Å². The quantitative estimate of drug-likeness (QED) is 0.101. The summed E-state index contributed by atoms with van der Waals surface area (Å²) in [7, 11) is 0. The fourth-order valence-electron chi connectivity index (χ4n) is 20.7. The third kappa shape index (κ3) is 13.5. The highest BCUT2D eigenvalue weighted by Crippen LogP contribution is 2.53. The maximum Gasteiger partial charge on any atom is 0.0547 e. The lowest BCUT2D eigenvalue weighted by atomic mass is 9.82. The van der Waals surface area contributed by atoms with Crippen LogP contribution in [-0.2, 0) is 5.41 Å². The molecule has 0 saturated carbocycles. The van der Waals surface area contributed by atoms with E-state index in [1.54, 1.807) is 0 Å². The molecule has 0 bridgehead atoms. The minimum atomic E-state index is -0.0850. The van der Waals surface area contributed by atoms with Crippen LogP contribution in [0.15, 0.2) is 473 Å². The molecule has 0 amide bonds. The van der Waals surface area contributed by atoms with Gasteiger partial charge in [0.05, 0.1) is 22.1 Å². The molecule has 4 nitrogen and oxygen atoms in total. The normalized spacial score (nSPS) is 12.3. The summed E-state index contributed by atoms with van der Waals surface area (Å²) in [6.45, 7) is 4.70. The number of aromatic nitrogens is 2. The molecule has 4 heterocycles. The van der Waals surface area contributed by atoms with E-state index >= 15 is 0 Å². The van der Waals surface area contributed by atoms with E-state index < -0.39 is 0 Å². The van der Waals surface area contributed by atoms with Gasteiger partial charge in [0.2, 0.25) is 0 Å². The predicted octanol–water partition coefficient (Wildman–Crippen LogP) is 35.9. The zero-order chi connectivity index (χ0) is 86.8. The molecule has 1 aliphatic carbocycles. The molecule has 0 fully saturated rings. The zero-order valence-electron chi connectivity index (χ0n) is 72.1. The summed E-state index contributed by atoms with van der Waals surface area (Å²) in [5.41, 5.74) is 33.3. The van der Waals surface area contributed by atoms with E-state index in [9.17, 15) is 0 Å². The predicted molar refractivity (Wildman–Crippen MR) is 562 cm³/mol. The lowest BCUT2D eigenvalue weighted by Crippen LogP contribution is -2.15. The molecule has 6 heteroatoms. The minimum absolute atomic E-state index is 0.0850. The zero-order valence-corrected chi connectivity index (χ0v) is 73.8. The van der Waals surface area contributed by atoms with Gasteiger partial charge in [-0.1, -0.05) is 335 Å². The molecule has 0 atom stereocenters. The van der Waals surface area contributed by atoms with Gasteiger partial charge in [-0.05, 0) is 262 Å². The fourth-order valence-corrected chi connectivity index (χ4v) is 23.0. The summed E-state index contributed by atoms with van der Waals surface area (Å²) in [6.07, 6.45) is 0. The molecule has 0 spiro atoms. The maximum atomic E-state index is 2.45. The number of para-hydroxylation sites is 3.